The maximum atomic E-state index is 13.1. The van der Waals surface area contributed by atoms with Crippen LogP contribution in [0.1, 0.15) is 28.8 Å². The van der Waals surface area contributed by atoms with Gasteiger partial charge in [0, 0.05) is 18.2 Å². The number of carbonyl (C=O) groups is 1. The Morgan fingerprint density at radius 1 is 1.33 bits per heavy atom. The molecule has 7 heteroatoms. The second kappa shape index (κ2) is 6.01. The summed E-state index contributed by atoms with van der Waals surface area (Å²) in [6.45, 7) is 1.61. The molecule has 1 fully saturated rings. The molecule has 2 N–H and O–H groups in total. The van der Waals surface area contributed by atoms with Crippen LogP contribution in [0.3, 0.4) is 0 Å². The first-order chi connectivity index (χ1) is 9.77. The molecule has 0 aromatic heterocycles. The largest absolute Gasteiger partial charge is 0.403 e. The molecule has 0 radical (unpaired) electrons. The standard InChI is InChI=1S/C14H16F4N2O/c1-8-6-9(2-4-11(8)15)13(21)20-10-3-5-12(19-7-10)14(16,17)18/h2,4,6,10,12,19H,3,5,7H2,1H3,(H,20,21). The SMILES string of the molecule is Cc1cc(C(=O)NC2CCC(C(F)(F)F)NC2)ccc1F. The van der Waals surface area contributed by atoms with Crippen molar-refractivity contribution in [3.05, 3.63) is 35.1 Å². The number of piperidine rings is 1. The zero-order valence-corrected chi connectivity index (χ0v) is 11.4. The van der Waals surface area contributed by atoms with Crippen molar-refractivity contribution in [1.82, 2.24) is 10.6 Å². The van der Waals surface area contributed by atoms with Crippen LogP contribution in [-0.4, -0.2) is 30.7 Å². The highest BCUT2D eigenvalue weighted by Crippen LogP contribution is 2.26. The van der Waals surface area contributed by atoms with E-state index in [1.165, 1.54) is 18.2 Å². The molecule has 1 aliphatic rings. The van der Waals surface area contributed by atoms with Crippen LogP contribution in [0.4, 0.5) is 17.6 Å². The molecule has 0 saturated carbocycles. The summed E-state index contributed by atoms with van der Waals surface area (Å²) in [5.74, 6) is -0.811. The molecular formula is C14H16F4N2O. The summed E-state index contributed by atoms with van der Waals surface area (Å²) in [5, 5.41) is 5.05. The molecule has 1 amide bonds. The maximum absolute atomic E-state index is 13.1. The number of amides is 1. The Morgan fingerprint density at radius 2 is 2.05 bits per heavy atom. The summed E-state index contributed by atoms with van der Waals surface area (Å²) in [5.41, 5.74) is 0.647. The van der Waals surface area contributed by atoms with Gasteiger partial charge in [-0.1, -0.05) is 0 Å². The third-order valence-electron chi connectivity index (χ3n) is 3.56. The lowest BCUT2D eigenvalue weighted by atomic mass is 10.00. The minimum Gasteiger partial charge on any atom is -0.348 e. The normalized spacial score (nSPS) is 22.9. The fourth-order valence-corrected chi connectivity index (χ4v) is 2.31. The molecule has 1 aromatic carbocycles. The van der Waals surface area contributed by atoms with Crippen LogP contribution in [0, 0.1) is 12.7 Å². The van der Waals surface area contributed by atoms with Crippen LogP contribution in [0.2, 0.25) is 0 Å². The average molecular weight is 304 g/mol. The van der Waals surface area contributed by atoms with Gasteiger partial charge in [-0.05, 0) is 43.5 Å². The lowest BCUT2D eigenvalue weighted by Crippen LogP contribution is -2.54. The van der Waals surface area contributed by atoms with Gasteiger partial charge in [0.1, 0.15) is 11.9 Å². The Hall–Kier alpha value is -1.63. The number of carbonyl (C=O) groups excluding carboxylic acids is 1. The molecule has 0 aliphatic carbocycles. The van der Waals surface area contributed by atoms with Crippen molar-refractivity contribution in [2.75, 3.05) is 6.54 Å². The minimum absolute atomic E-state index is 0.0656. The van der Waals surface area contributed by atoms with Gasteiger partial charge in [0.25, 0.3) is 5.91 Å². The Labute approximate surface area is 119 Å². The van der Waals surface area contributed by atoms with Crippen LogP contribution >= 0.6 is 0 Å². The summed E-state index contributed by atoms with van der Waals surface area (Å²) < 4.78 is 50.6. The second-order valence-corrected chi connectivity index (χ2v) is 5.21. The number of nitrogens with one attached hydrogen (secondary N) is 2. The van der Waals surface area contributed by atoms with Crippen molar-refractivity contribution in [1.29, 1.82) is 0 Å². The summed E-state index contributed by atoms with van der Waals surface area (Å²) in [6, 6.07) is 2.09. The summed E-state index contributed by atoms with van der Waals surface area (Å²) in [7, 11) is 0. The first kappa shape index (κ1) is 15.8. The van der Waals surface area contributed by atoms with Crippen LogP contribution in [0.25, 0.3) is 0 Å². The molecule has 1 aromatic rings. The highest BCUT2D eigenvalue weighted by atomic mass is 19.4. The quantitative estimate of drug-likeness (QED) is 0.825. The zero-order valence-electron chi connectivity index (χ0n) is 11.4. The predicted octanol–water partition coefficient (Wildman–Crippen LogP) is 2.55. The predicted molar refractivity (Wildman–Crippen MR) is 69.5 cm³/mol. The highest BCUT2D eigenvalue weighted by Gasteiger charge is 2.41. The van der Waals surface area contributed by atoms with Crippen molar-refractivity contribution in [3.63, 3.8) is 0 Å². The number of alkyl halides is 3. The van der Waals surface area contributed by atoms with Crippen molar-refractivity contribution in [3.8, 4) is 0 Å². The third-order valence-corrected chi connectivity index (χ3v) is 3.56. The molecule has 2 atom stereocenters. The van der Waals surface area contributed by atoms with Gasteiger partial charge in [0.2, 0.25) is 0 Å². The van der Waals surface area contributed by atoms with E-state index in [-0.39, 0.29) is 25.4 Å². The summed E-state index contributed by atoms with van der Waals surface area (Å²) >= 11 is 0. The number of rotatable bonds is 2. The molecule has 1 saturated heterocycles. The van der Waals surface area contributed by atoms with Crippen molar-refractivity contribution in [2.24, 2.45) is 0 Å². The lowest BCUT2D eigenvalue weighted by Gasteiger charge is -2.31. The molecule has 116 valence electrons. The van der Waals surface area contributed by atoms with Gasteiger partial charge in [0.05, 0.1) is 0 Å². The summed E-state index contributed by atoms with van der Waals surface area (Å²) in [4.78, 5) is 12.0. The topological polar surface area (TPSA) is 41.1 Å². The maximum Gasteiger partial charge on any atom is 0.403 e. The molecular weight excluding hydrogens is 288 g/mol. The van der Waals surface area contributed by atoms with E-state index in [0.29, 0.717) is 11.1 Å². The van der Waals surface area contributed by atoms with E-state index in [1.54, 1.807) is 6.92 Å². The van der Waals surface area contributed by atoms with Gasteiger partial charge in [-0.15, -0.1) is 0 Å². The Bertz CT molecular complexity index is 522. The molecule has 21 heavy (non-hydrogen) atoms. The Morgan fingerprint density at radius 3 is 2.57 bits per heavy atom. The smallest absolute Gasteiger partial charge is 0.348 e. The third kappa shape index (κ3) is 3.93. The van der Waals surface area contributed by atoms with E-state index in [4.69, 9.17) is 0 Å². The van der Waals surface area contributed by atoms with E-state index >= 15 is 0 Å². The molecule has 3 nitrogen and oxygen atoms in total. The number of halogens is 4. The van der Waals surface area contributed by atoms with E-state index in [1.807, 2.05) is 0 Å². The van der Waals surface area contributed by atoms with Gasteiger partial charge in [-0.25, -0.2) is 4.39 Å². The van der Waals surface area contributed by atoms with Gasteiger partial charge < -0.3 is 10.6 Å². The molecule has 2 unspecified atom stereocenters. The molecule has 0 spiro atoms. The van der Waals surface area contributed by atoms with E-state index < -0.39 is 23.9 Å². The Kier molecular flexibility index (Phi) is 4.51. The van der Waals surface area contributed by atoms with E-state index in [2.05, 4.69) is 10.6 Å². The fraction of sp³-hybridized carbons (Fsp3) is 0.500. The van der Waals surface area contributed by atoms with Crippen LogP contribution in [0.5, 0.6) is 0 Å². The van der Waals surface area contributed by atoms with Gasteiger partial charge >= 0.3 is 6.18 Å². The molecule has 2 rings (SSSR count). The highest BCUT2D eigenvalue weighted by molar-refractivity contribution is 5.94. The zero-order chi connectivity index (χ0) is 15.6. The molecule has 1 aliphatic heterocycles. The number of aryl methyl sites for hydroxylation is 1. The fourth-order valence-electron chi connectivity index (χ4n) is 2.31. The number of hydrogen-bond acceptors (Lipinski definition) is 2. The van der Waals surface area contributed by atoms with Crippen LogP contribution in [-0.2, 0) is 0 Å². The number of hydrogen-bond donors (Lipinski definition) is 2. The first-order valence-corrected chi connectivity index (χ1v) is 6.64. The van der Waals surface area contributed by atoms with Gasteiger partial charge in [-0.3, -0.25) is 4.79 Å². The van der Waals surface area contributed by atoms with Crippen molar-refractivity contribution in [2.45, 2.75) is 38.0 Å². The summed E-state index contributed by atoms with van der Waals surface area (Å²) in [6.07, 6.45) is -4.08. The lowest BCUT2D eigenvalue weighted by molar-refractivity contribution is -0.160. The monoisotopic (exact) mass is 304 g/mol. The van der Waals surface area contributed by atoms with Gasteiger partial charge in [-0.2, -0.15) is 13.2 Å². The van der Waals surface area contributed by atoms with E-state index in [9.17, 15) is 22.4 Å². The Balaban J connectivity index is 1.91. The number of benzene rings is 1. The van der Waals surface area contributed by atoms with E-state index in [0.717, 1.165) is 0 Å². The van der Waals surface area contributed by atoms with Crippen LogP contribution in [0.15, 0.2) is 18.2 Å². The van der Waals surface area contributed by atoms with Crippen LogP contribution < -0.4 is 10.6 Å². The minimum atomic E-state index is -4.26. The van der Waals surface area contributed by atoms with Gasteiger partial charge in [0.15, 0.2) is 0 Å². The average Bonchev–Trinajstić information content (AvgIpc) is 2.41. The van der Waals surface area contributed by atoms with Crippen molar-refractivity contribution >= 4 is 5.91 Å². The molecule has 1 heterocycles. The van der Waals surface area contributed by atoms with Crippen molar-refractivity contribution < 1.29 is 22.4 Å². The second-order valence-electron chi connectivity index (χ2n) is 5.21. The molecule has 0 bridgehead atoms. The first-order valence-electron chi connectivity index (χ1n) is 6.64.